The number of aromatic nitrogens is 2. The number of allylic oxidation sites excluding steroid dienone is 1. The molecule has 2 amide bonds. The lowest BCUT2D eigenvalue weighted by atomic mass is 9.95. The van der Waals surface area contributed by atoms with Crippen LogP contribution in [-0.4, -0.2) is 85.8 Å². The van der Waals surface area contributed by atoms with Crippen molar-refractivity contribution in [1.29, 1.82) is 0 Å². The third kappa shape index (κ3) is 6.51. The average Bonchev–Trinajstić information content (AvgIpc) is 2.96. The first-order valence-corrected chi connectivity index (χ1v) is 13.6. The molecule has 210 valence electrons. The number of carbonyl (C=O) groups is 1. The molecular formula is C27H35Cl2N7O3. The van der Waals surface area contributed by atoms with Gasteiger partial charge in [-0.05, 0) is 12.6 Å². The molecule has 1 aliphatic heterocycles. The average molecular weight is 577 g/mol. The SMILES string of the molecule is CCN1CCN(C2=CC(C)C(Nc3cc(N(C)C(=O)Nc4c(Cl)c(OC)cc(OC)c4Cl)ncn3)C=C2)CC1. The molecule has 1 fully saturated rings. The number of amides is 2. The summed E-state index contributed by atoms with van der Waals surface area (Å²) in [6.07, 6.45) is 8.07. The molecule has 12 heteroatoms. The van der Waals surface area contributed by atoms with Gasteiger partial charge < -0.3 is 29.9 Å². The molecule has 2 heterocycles. The summed E-state index contributed by atoms with van der Waals surface area (Å²) in [5, 5.41) is 6.51. The van der Waals surface area contributed by atoms with E-state index in [0.29, 0.717) is 23.1 Å². The van der Waals surface area contributed by atoms with E-state index in [0.717, 1.165) is 32.7 Å². The maximum absolute atomic E-state index is 13.1. The van der Waals surface area contributed by atoms with Gasteiger partial charge in [0.15, 0.2) is 0 Å². The van der Waals surface area contributed by atoms with Gasteiger partial charge in [-0.25, -0.2) is 14.8 Å². The first-order valence-electron chi connectivity index (χ1n) is 12.9. The number of ether oxygens (including phenoxy) is 2. The van der Waals surface area contributed by atoms with Crippen LogP contribution in [0, 0.1) is 5.92 Å². The highest BCUT2D eigenvalue weighted by molar-refractivity contribution is 6.41. The number of hydrogen-bond acceptors (Lipinski definition) is 8. The highest BCUT2D eigenvalue weighted by atomic mass is 35.5. The number of urea groups is 1. The number of piperazine rings is 1. The number of nitrogens with zero attached hydrogens (tertiary/aromatic N) is 5. The molecule has 1 saturated heterocycles. The van der Waals surface area contributed by atoms with Crippen LogP contribution < -0.4 is 25.0 Å². The van der Waals surface area contributed by atoms with Crippen LogP contribution >= 0.6 is 23.2 Å². The number of hydrogen-bond donors (Lipinski definition) is 2. The van der Waals surface area contributed by atoms with E-state index >= 15 is 0 Å². The van der Waals surface area contributed by atoms with E-state index in [9.17, 15) is 4.79 Å². The van der Waals surface area contributed by atoms with Crippen LogP contribution in [0.25, 0.3) is 0 Å². The van der Waals surface area contributed by atoms with Gasteiger partial charge in [-0.15, -0.1) is 0 Å². The number of halogens is 2. The maximum atomic E-state index is 13.1. The summed E-state index contributed by atoms with van der Waals surface area (Å²) in [5.41, 5.74) is 1.45. The summed E-state index contributed by atoms with van der Waals surface area (Å²) in [6.45, 7) is 9.74. The van der Waals surface area contributed by atoms with E-state index in [4.69, 9.17) is 32.7 Å². The Labute approximate surface area is 239 Å². The predicted molar refractivity (Wildman–Crippen MR) is 157 cm³/mol. The number of anilines is 3. The number of rotatable bonds is 8. The molecule has 39 heavy (non-hydrogen) atoms. The summed E-state index contributed by atoms with van der Waals surface area (Å²) in [6, 6.07) is 2.82. The van der Waals surface area contributed by atoms with Crippen molar-refractivity contribution in [2.45, 2.75) is 19.9 Å². The molecule has 0 spiro atoms. The fourth-order valence-corrected chi connectivity index (χ4v) is 5.18. The van der Waals surface area contributed by atoms with Crippen LogP contribution in [0.5, 0.6) is 11.5 Å². The smallest absolute Gasteiger partial charge is 0.327 e. The minimum atomic E-state index is -0.500. The van der Waals surface area contributed by atoms with E-state index in [1.54, 1.807) is 19.2 Å². The fraction of sp³-hybridized carbons (Fsp3) is 0.444. The van der Waals surface area contributed by atoms with Crippen LogP contribution in [0.2, 0.25) is 10.0 Å². The maximum Gasteiger partial charge on any atom is 0.327 e. The molecule has 2 unspecified atom stereocenters. The number of methoxy groups -OCH3 is 2. The summed E-state index contributed by atoms with van der Waals surface area (Å²) in [7, 11) is 4.53. The van der Waals surface area contributed by atoms with Crippen molar-refractivity contribution >= 4 is 46.6 Å². The van der Waals surface area contributed by atoms with Gasteiger partial charge in [0.25, 0.3) is 0 Å². The number of nitrogens with one attached hydrogen (secondary N) is 2. The number of likely N-dealkylation sites (N-methyl/N-ethyl adjacent to an activating group) is 1. The quantitative estimate of drug-likeness (QED) is 0.455. The van der Waals surface area contributed by atoms with Crippen molar-refractivity contribution in [1.82, 2.24) is 19.8 Å². The Kier molecular flexibility index (Phi) is 9.42. The Morgan fingerprint density at radius 1 is 1.10 bits per heavy atom. The Balaban J connectivity index is 1.42. The molecule has 0 bridgehead atoms. The van der Waals surface area contributed by atoms with Crippen molar-refractivity contribution in [3.63, 3.8) is 0 Å². The Bertz CT molecular complexity index is 1220. The van der Waals surface area contributed by atoms with Gasteiger partial charge in [0.2, 0.25) is 0 Å². The van der Waals surface area contributed by atoms with Crippen LogP contribution in [0.15, 0.2) is 42.4 Å². The van der Waals surface area contributed by atoms with Gasteiger partial charge in [0, 0.05) is 57.0 Å². The first kappa shape index (κ1) is 28.8. The van der Waals surface area contributed by atoms with Crippen molar-refractivity contribution in [2.75, 3.05) is 69.5 Å². The summed E-state index contributed by atoms with van der Waals surface area (Å²) in [4.78, 5) is 28.0. The monoisotopic (exact) mass is 575 g/mol. The molecule has 1 aliphatic carbocycles. The third-order valence-electron chi connectivity index (χ3n) is 7.08. The molecule has 1 aromatic heterocycles. The second kappa shape index (κ2) is 12.8. The predicted octanol–water partition coefficient (Wildman–Crippen LogP) is 4.98. The van der Waals surface area contributed by atoms with Gasteiger partial charge >= 0.3 is 6.03 Å². The molecule has 4 rings (SSSR count). The Morgan fingerprint density at radius 2 is 1.77 bits per heavy atom. The Morgan fingerprint density at radius 3 is 2.36 bits per heavy atom. The van der Waals surface area contributed by atoms with Crippen LogP contribution in [-0.2, 0) is 0 Å². The topological polar surface area (TPSA) is 95.1 Å². The van der Waals surface area contributed by atoms with Crippen molar-refractivity contribution in [3.05, 3.63) is 52.4 Å². The summed E-state index contributed by atoms with van der Waals surface area (Å²) in [5.74, 6) is 1.89. The normalized spacial score (nSPS) is 19.4. The second-order valence-electron chi connectivity index (χ2n) is 9.44. The van der Waals surface area contributed by atoms with E-state index in [2.05, 4.69) is 62.5 Å². The third-order valence-corrected chi connectivity index (χ3v) is 7.83. The Hall–Kier alpha value is -3.21. The molecule has 2 N–H and O–H groups in total. The van der Waals surface area contributed by atoms with Gasteiger partial charge in [0.1, 0.15) is 39.5 Å². The summed E-state index contributed by atoms with van der Waals surface area (Å²) < 4.78 is 10.6. The molecule has 2 aliphatic rings. The molecule has 2 aromatic rings. The highest BCUT2D eigenvalue weighted by Crippen LogP contribution is 2.44. The highest BCUT2D eigenvalue weighted by Gasteiger charge is 2.24. The largest absolute Gasteiger partial charge is 0.495 e. The van der Waals surface area contributed by atoms with Crippen LogP contribution in [0.4, 0.5) is 22.1 Å². The lowest BCUT2D eigenvalue weighted by Crippen LogP contribution is -2.45. The van der Waals surface area contributed by atoms with E-state index in [1.165, 1.54) is 31.1 Å². The minimum absolute atomic E-state index is 0.0504. The van der Waals surface area contributed by atoms with E-state index in [-0.39, 0.29) is 27.7 Å². The van der Waals surface area contributed by atoms with Gasteiger partial charge in [0.05, 0.1) is 25.9 Å². The van der Waals surface area contributed by atoms with Crippen LogP contribution in [0.3, 0.4) is 0 Å². The molecular weight excluding hydrogens is 541 g/mol. The molecule has 2 atom stereocenters. The molecule has 10 nitrogen and oxygen atoms in total. The lowest BCUT2D eigenvalue weighted by molar-refractivity contribution is 0.167. The van der Waals surface area contributed by atoms with Crippen molar-refractivity contribution in [2.24, 2.45) is 5.92 Å². The fourth-order valence-electron chi connectivity index (χ4n) is 4.59. The molecule has 1 aromatic carbocycles. The van der Waals surface area contributed by atoms with Crippen LogP contribution in [0.1, 0.15) is 13.8 Å². The minimum Gasteiger partial charge on any atom is -0.495 e. The second-order valence-corrected chi connectivity index (χ2v) is 10.2. The zero-order chi connectivity index (χ0) is 28.1. The number of carbonyl (C=O) groups excluding carboxylic acids is 1. The zero-order valence-corrected chi connectivity index (χ0v) is 24.4. The molecule has 0 saturated carbocycles. The van der Waals surface area contributed by atoms with Gasteiger partial charge in [-0.2, -0.15) is 0 Å². The van der Waals surface area contributed by atoms with Gasteiger partial charge in [-0.3, -0.25) is 4.90 Å². The standard InChI is InChI=1S/C27H35Cl2N7O3/c1-6-35-9-11-36(12-10-35)18-7-8-19(17(2)13-18)32-22-15-23(31-16-30-22)34(3)27(37)33-26-24(28)20(38-4)14-21(39-5)25(26)29/h7-8,13-17,19H,6,9-12H2,1-5H3,(H,33,37)(H,30,31,32). The zero-order valence-electron chi connectivity index (χ0n) is 22.9. The van der Waals surface area contributed by atoms with Crippen molar-refractivity contribution < 1.29 is 14.3 Å². The lowest BCUT2D eigenvalue weighted by Gasteiger charge is -2.38. The number of benzene rings is 1. The van der Waals surface area contributed by atoms with E-state index < -0.39 is 6.03 Å². The van der Waals surface area contributed by atoms with Crippen molar-refractivity contribution in [3.8, 4) is 11.5 Å². The molecule has 0 radical (unpaired) electrons. The first-order chi connectivity index (χ1) is 18.7. The van der Waals surface area contributed by atoms with Gasteiger partial charge in [-0.1, -0.05) is 49.2 Å². The summed E-state index contributed by atoms with van der Waals surface area (Å²) >= 11 is 12.8. The van der Waals surface area contributed by atoms with E-state index in [1.807, 2.05) is 0 Å².